The van der Waals surface area contributed by atoms with Crippen LogP contribution in [-0.4, -0.2) is 18.5 Å². The lowest BCUT2D eigenvalue weighted by Crippen LogP contribution is -2.42. The average Bonchev–Trinajstić information content (AvgIpc) is 2.34. The fourth-order valence-corrected chi connectivity index (χ4v) is 1.95. The van der Waals surface area contributed by atoms with Gasteiger partial charge in [0.05, 0.1) is 11.3 Å². The van der Waals surface area contributed by atoms with Crippen LogP contribution in [0.5, 0.6) is 0 Å². The van der Waals surface area contributed by atoms with Crippen LogP contribution in [0.1, 0.15) is 24.0 Å². The van der Waals surface area contributed by atoms with Gasteiger partial charge in [0, 0.05) is 19.0 Å². The van der Waals surface area contributed by atoms with Gasteiger partial charge in [-0.3, -0.25) is 4.79 Å². The van der Waals surface area contributed by atoms with Crippen molar-refractivity contribution in [2.45, 2.75) is 25.8 Å². The first-order chi connectivity index (χ1) is 8.19. The van der Waals surface area contributed by atoms with Crippen molar-refractivity contribution in [3.05, 3.63) is 29.3 Å². The number of nitrogens with zero attached hydrogens (tertiary/aromatic N) is 1. The summed E-state index contributed by atoms with van der Waals surface area (Å²) in [5.41, 5.74) is 2.57. The van der Waals surface area contributed by atoms with E-state index < -0.39 is 0 Å². The summed E-state index contributed by atoms with van der Waals surface area (Å²) < 4.78 is 0. The third-order valence-electron chi connectivity index (χ3n) is 2.92. The van der Waals surface area contributed by atoms with Crippen molar-refractivity contribution >= 4 is 11.6 Å². The van der Waals surface area contributed by atoms with Crippen LogP contribution in [0.4, 0.5) is 5.69 Å². The van der Waals surface area contributed by atoms with Gasteiger partial charge in [-0.15, -0.1) is 0 Å². The van der Waals surface area contributed by atoms with Gasteiger partial charge >= 0.3 is 0 Å². The molecule has 0 aliphatic carbocycles. The molecule has 1 fully saturated rings. The number of rotatable bonds is 2. The molecule has 2 rings (SSSR count). The first kappa shape index (κ1) is 11.5. The molecule has 4 nitrogen and oxygen atoms in total. The highest BCUT2D eigenvalue weighted by atomic mass is 16.1. The third-order valence-corrected chi connectivity index (χ3v) is 2.92. The number of anilines is 1. The molecule has 4 heteroatoms. The molecule has 1 aromatic carbocycles. The number of amides is 1. The summed E-state index contributed by atoms with van der Waals surface area (Å²) in [6.07, 6.45) is 1.36. The normalized spacial score (nSPS) is 19.3. The Bertz CT molecular complexity index is 466. The molecular formula is C13H15N3O. The van der Waals surface area contributed by atoms with Gasteiger partial charge in [0.15, 0.2) is 0 Å². The molecule has 1 unspecified atom stereocenters. The number of aryl methyl sites for hydroxylation is 1. The van der Waals surface area contributed by atoms with E-state index in [0.717, 1.165) is 17.7 Å². The van der Waals surface area contributed by atoms with Gasteiger partial charge < -0.3 is 10.6 Å². The van der Waals surface area contributed by atoms with Gasteiger partial charge in [0.1, 0.15) is 6.07 Å². The monoisotopic (exact) mass is 229 g/mol. The number of benzene rings is 1. The average molecular weight is 229 g/mol. The molecule has 1 atom stereocenters. The first-order valence-electron chi connectivity index (χ1n) is 5.73. The van der Waals surface area contributed by atoms with E-state index in [1.54, 1.807) is 0 Å². The summed E-state index contributed by atoms with van der Waals surface area (Å²) in [6, 6.07) is 8.16. The van der Waals surface area contributed by atoms with E-state index in [-0.39, 0.29) is 11.9 Å². The van der Waals surface area contributed by atoms with Crippen LogP contribution in [0.2, 0.25) is 0 Å². The number of hydrogen-bond acceptors (Lipinski definition) is 3. The van der Waals surface area contributed by atoms with E-state index in [9.17, 15) is 4.79 Å². The Hall–Kier alpha value is -2.02. The van der Waals surface area contributed by atoms with Crippen LogP contribution in [-0.2, 0) is 4.79 Å². The second-order valence-electron chi connectivity index (χ2n) is 4.34. The molecule has 0 radical (unpaired) electrons. The second-order valence-corrected chi connectivity index (χ2v) is 4.34. The Balaban J connectivity index is 2.08. The van der Waals surface area contributed by atoms with Crippen molar-refractivity contribution in [2.75, 3.05) is 11.9 Å². The smallest absolute Gasteiger partial charge is 0.220 e. The lowest BCUT2D eigenvalue weighted by atomic mass is 10.0. The summed E-state index contributed by atoms with van der Waals surface area (Å²) in [4.78, 5) is 11.0. The molecule has 88 valence electrons. The molecular weight excluding hydrogens is 214 g/mol. The molecule has 2 N–H and O–H groups in total. The molecule has 17 heavy (non-hydrogen) atoms. The fourth-order valence-electron chi connectivity index (χ4n) is 1.95. The number of nitriles is 1. The van der Waals surface area contributed by atoms with Crippen molar-refractivity contribution in [3.63, 3.8) is 0 Å². The van der Waals surface area contributed by atoms with E-state index in [4.69, 9.17) is 5.26 Å². The molecule has 1 saturated heterocycles. The Kier molecular flexibility index (Phi) is 3.29. The van der Waals surface area contributed by atoms with Crippen molar-refractivity contribution in [1.82, 2.24) is 5.32 Å². The SMILES string of the molecule is Cc1ccc(NC2CCC(=O)NC2)c(C#N)c1. The summed E-state index contributed by atoms with van der Waals surface area (Å²) in [5, 5.41) is 15.2. The van der Waals surface area contributed by atoms with Gasteiger partial charge in [0.25, 0.3) is 0 Å². The van der Waals surface area contributed by atoms with Gasteiger partial charge in [-0.05, 0) is 31.0 Å². The van der Waals surface area contributed by atoms with E-state index in [1.807, 2.05) is 25.1 Å². The minimum absolute atomic E-state index is 0.104. The summed E-state index contributed by atoms with van der Waals surface area (Å²) in [5.74, 6) is 0.104. The van der Waals surface area contributed by atoms with Crippen molar-refractivity contribution < 1.29 is 4.79 Å². The molecule has 0 spiro atoms. The van der Waals surface area contributed by atoms with Gasteiger partial charge in [-0.2, -0.15) is 5.26 Å². The minimum atomic E-state index is 0.104. The van der Waals surface area contributed by atoms with Crippen LogP contribution in [0, 0.1) is 18.3 Å². The molecule has 1 aromatic rings. The first-order valence-corrected chi connectivity index (χ1v) is 5.73. The Morgan fingerprint density at radius 3 is 3.00 bits per heavy atom. The summed E-state index contributed by atoms with van der Waals surface area (Å²) in [7, 11) is 0. The maximum atomic E-state index is 11.0. The minimum Gasteiger partial charge on any atom is -0.379 e. The topological polar surface area (TPSA) is 64.9 Å². The zero-order chi connectivity index (χ0) is 12.3. The number of hydrogen-bond donors (Lipinski definition) is 2. The van der Waals surface area contributed by atoms with E-state index in [2.05, 4.69) is 16.7 Å². The maximum Gasteiger partial charge on any atom is 0.220 e. The standard InChI is InChI=1S/C13H15N3O/c1-9-2-4-12(10(6-9)7-14)16-11-3-5-13(17)15-8-11/h2,4,6,11,16H,3,5,8H2,1H3,(H,15,17). The van der Waals surface area contributed by atoms with Crippen molar-refractivity contribution in [3.8, 4) is 6.07 Å². The second kappa shape index (κ2) is 4.88. The lowest BCUT2D eigenvalue weighted by molar-refractivity contribution is -0.122. The number of nitrogens with one attached hydrogen (secondary N) is 2. The van der Waals surface area contributed by atoms with Crippen LogP contribution in [0.3, 0.4) is 0 Å². The largest absolute Gasteiger partial charge is 0.379 e. The van der Waals surface area contributed by atoms with Gasteiger partial charge in [-0.25, -0.2) is 0 Å². The molecule has 0 aromatic heterocycles. The van der Waals surface area contributed by atoms with Crippen molar-refractivity contribution in [1.29, 1.82) is 5.26 Å². The summed E-state index contributed by atoms with van der Waals surface area (Å²) in [6.45, 7) is 2.59. The van der Waals surface area contributed by atoms with Gasteiger partial charge in [-0.1, -0.05) is 6.07 Å². The lowest BCUT2D eigenvalue weighted by Gasteiger charge is -2.24. The van der Waals surface area contributed by atoms with Gasteiger partial charge in [0.2, 0.25) is 5.91 Å². The zero-order valence-corrected chi connectivity index (χ0v) is 9.79. The number of carbonyl (C=O) groups is 1. The highest BCUT2D eigenvalue weighted by Crippen LogP contribution is 2.19. The van der Waals surface area contributed by atoms with E-state index in [1.165, 1.54) is 0 Å². The number of carbonyl (C=O) groups excluding carboxylic acids is 1. The van der Waals surface area contributed by atoms with Crippen LogP contribution < -0.4 is 10.6 Å². The molecule has 0 saturated carbocycles. The fraction of sp³-hybridized carbons (Fsp3) is 0.385. The van der Waals surface area contributed by atoms with Crippen LogP contribution in [0.15, 0.2) is 18.2 Å². The predicted molar refractivity (Wildman–Crippen MR) is 65.5 cm³/mol. The third kappa shape index (κ3) is 2.76. The Morgan fingerprint density at radius 1 is 1.53 bits per heavy atom. The summed E-state index contributed by atoms with van der Waals surface area (Å²) >= 11 is 0. The van der Waals surface area contributed by atoms with E-state index >= 15 is 0 Å². The predicted octanol–water partition coefficient (Wildman–Crippen LogP) is 1.56. The van der Waals surface area contributed by atoms with E-state index in [0.29, 0.717) is 18.5 Å². The zero-order valence-electron chi connectivity index (χ0n) is 9.79. The highest BCUT2D eigenvalue weighted by molar-refractivity contribution is 5.77. The highest BCUT2D eigenvalue weighted by Gasteiger charge is 2.18. The van der Waals surface area contributed by atoms with Crippen LogP contribution in [0.25, 0.3) is 0 Å². The quantitative estimate of drug-likeness (QED) is 0.808. The van der Waals surface area contributed by atoms with Crippen LogP contribution >= 0.6 is 0 Å². The molecule has 1 aliphatic rings. The molecule has 1 heterocycles. The Labute approximate surface area is 101 Å². The molecule has 1 amide bonds. The Morgan fingerprint density at radius 2 is 2.35 bits per heavy atom. The number of piperidine rings is 1. The molecule has 1 aliphatic heterocycles. The maximum absolute atomic E-state index is 11.0. The van der Waals surface area contributed by atoms with Crippen molar-refractivity contribution in [2.24, 2.45) is 0 Å². The molecule has 0 bridgehead atoms.